The van der Waals surface area contributed by atoms with E-state index in [0.717, 1.165) is 5.01 Å². The van der Waals surface area contributed by atoms with Crippen LogP contribution in [0.2, 0.25) is 0 Å². The quantitative estimate of drug-likeness (QED) is 0.796. The third-order valence-corrected chi connectivity index (χ3v) is 6.25. The van der Waals surface area contributed by atoms with Crippen molar-refractivity contribution in [3.63, 3.8) is 0 Å². The van der Waals surface area contributed by atoms with Gasteiger partial charge in [-0.15, -0.1) is 10.2 Å². The molecular weight excluding hydrogens is 288 g/mol. The second-order valence-corrected chi connectivity index (χ2v) is 8.29. The van der Waals surface area contributed by atoms with Gasteiger partial charge in [-0.25, -0.2) is 13.2 Å². The number of carbonyl (C=O) groups is 1. The van der Waals surface area contributed by atoms with E-state index in [9.17, 15) is 13.2 Å². The Morgan fingerprint density at radius 2 is 2.11 bits per heavy atom. The van der Waals surface area contributed by atoms with E-state index >= 15 is 0 Å². The molecule has 3 rings (SSSR count). The topological polar surface area (TPSA) is 92.3 Å². The minimum atomic E-state index is -3.08. The molecule has 0 radical (unpaired) electrons. The van der Waals surface area contributed by atoms with Gasteiger partial charge in [0.15, 0.2) is 9.84 Å². The zero-order valence-corrected chi connectivity index (χ0v) is 12.2. The number of fused-ring (bicyclic) bond motifs is 1. The summed E-state index contributed by atoms with van der Waals surface area (Å²) in [4.78, 5) is 13.4. The molecule has 2 saturated heterocycles. The molecule has 0 aliphatic carbocycles. The molecule has 2 aliphatic rings. The molecule has 2 fully saturated rings. The maximum absolute atomic E-state index is 11.9. The molecule has 9 heteroatoms. The van der Waals surface area contributed by atoms with E-state index in [0.29, 0.717) is 5.13 Å². The van der Waals surface area contributed by atoms with Crippen molar-refractivity contribution < 1.29 is 13.2 Å². The van der Waals surface area contributed by atoms with Crippen LogP contribution in [0.4, 0.5) is 9.93 Å². The smallest absolute Gasteiger partial charge is 0.324 e. The van der Waals surface area contributed by atoms with Crippen molar-refractivity contribution in [3.8, 4) is 0 Å². The lowest BCUT2D eigenvalue weighted by Crippen LogP contribution is -2.36. The Kier molecular flexibility index (Phi) is 2.79. The predicted octanol–water partition coefficient (Wildman–Crippen LogP) is 0.357. The van der Waals surface area contributed by atoms with E-state index in [1.807, 2.05) is 13.8 Å². The van der Waals surface area contributed by atoms with Crippen LogP contribution in [0.5, 0.6) is 0 Å². The number of nitrogens with zero attached hydrogens (tertiary/aromatic N) is 3. The Balaban J connectivity index is 1.92. The Bertz CT molecular complexity index is 624. The summed E-state index contributed by atoms with van der Waals surface area (Å²) in [7, 11) is -3.08. The Hall–Kier alpha value is -1.22. The summed E-state index contributed by atoms with van der Waals surface area (Å²) in [5.74, 6) is 0.239. The van der Waals surface area contributed by atoms with Crippen LogP contribution >= 0.6 is 11.3 Å². The first-order valence-electron chi connectivity index (χ1n) is 6.01. The monoisotopic (exact) mass is 302 g/mol. The zero-order chi connectivity index (χ0) is 13.8. The van der Waals surface area contributed by atoms with Crippen LogP contribution in [-0.2, 0) is 9.84 Å². The van der Waals surface area contributed by atoms with Crippen LogP contribution in [0, 0.1) is 0 Å². The van der Waals surface area contributed by atoms with E-state index in [-0.39, 0.29) is 35.5 Å². The maximum atomic E-state index is 11.9. The Morgan fingerprint density at radius 1 is 1.37 bits per heavy atom. The molecular formula is C10H14N4O3S2. The van der Waals surface area contributed by atoms with E-state index in [4.69, 9.17) is 0 Å². The van der Waals surface area contributed by atoms with Gasteiger partial charge in [0.05, 0.1) is 23.6 Å². The first-order valence-corrected chi connectivity index (χ1v) is 8.65. The number of nitrogens with one attached hydrogen (secondary N) is 1. The molecule has 0 aromatic carbocycles. The molecule has 2 aliphatic heterocycles. The number of rotatable bonds is 2. The van der Waals surface area contributed by atoms with Gasteiger partial charge in [-0.2, -0.15) is 0 Å². The fraction of sp³-hybridized carbons (Fsp3) is 0.700. The predicted molar refractivity (Wildman–Crippen MR) is 71.2 cm³/mol. The summed E-state index contributed by atoms with van der Waals surface area (Å²) in [6, 6.07) is -0.967. The van der Waals surface area contributed by atoms with Crippen molar-refractivity contribution in [2.45, 2.75) is 31.8 Å². The number of urea groups is 1. The van der Waals surface area contributed by atoms with Crippen LogP contribution in [-0.4, -0.2) is 48.2 Å². The molecule has 7 nitrogen and oxygen atoms in total. The van der Waals surface area contributed by atoms with Gasteiger partial charge < -0.3 is 5.32 Å². The highest BCUT2D eigenvalue weighted by molar-refractivity contribution is 7.91. The minimum Gasteiger partial charge on any atom is -0.332 e. The minimum absolute atomic E-state index is 0.00695. The lowest BCUT2D eigenvalue weighted by molar-refractivity contribution is 0.251. The van der Waals surface area contributed by atoms with Crippen LogP contribution in [0.1, 0.15) is 24.8 Å². The standard InChI is InChI=1S/C10H14N4O3S2/c1-5(2)8-12-13-10(18-8)14-7-4-19(16,17)3-6(7)11-9(14)15/h5-7H,3-4H2,1-2H3,(H,11,15)/t6-,7+/m1/s1. The van der Waals surface area contributed by atoms with Crippen molar-refractivity contribution in [1.29, 1.82) is 0 Å². The van der Waals surface area contributed by atoms with Crippen LogP contribution in [0.25, 0.3) is 0 Å². The highest BCUT2D eigenvalue weighted by atomic mass is 32.2. The van der Waals surface area contributed by atoms with Gasteiger partial charge in [0.25, 0.3) is 0 Å². The second kappa shape index (κ2) is 4.14. The van der Waals surface area contributed by atoms with Crippen molar-refractivity contribution in [3.05, 3.63) is 5.01 Å². The Labute approximate surface area is 114 Å². The number of hydrogen-bond donors (Lipinski definition) is 1. The first-order chi connectivity index (χ1) is 8.87. The van der Waals surface area contributed by atoms with E-state index < -0.39 is 9.84 Å². The molecule has 2 atom stereocenters. The maximum Gasteiger partial charge on any atom is 0.324 e. The number of carbonyl (C=O) groups excluding carboxylic acids is 1. The molecule has 0 spiro atoms. The fourth-order valence-electron chi connectivity index (χ4n) is 2.39. The number of amides is 2. The molecule has 0 bridgehead atoms. The summed E-state index contributed by atoms with van der Waals surface area (Å²) in [5, 5.41) is 12.1. The molecule has 1 aromatic rings. The lowest BCUT2D eigenvalue weighted by atomic mass is 10.2. The normalized spacial score (nSPS) is 28.8. The van der Waals surface area contributed by atoms with E-state index in [1.165, 1.54) is 16.2 Å². The van der Waals surface area contributed by atoms with E-state index in [1.54, 1.807) is 0 Å². The van der Waals surface area contributed by atoms with E-state index in [2.05, 4.69) is 15.5 Å². The summed E-state index contributed by atoms with van der Waals surface area (Å²) >= 11 is 1.34. The van der Waals surface area contributed by atoms with Crippen molar-refractivity contribution in [2.75, 3.05) is 16.4 Å². The molecule has 2 amide bonds. The molecule has 104 valence electrons. The number of hydrogen-bond acceptors (Lipinski definition) is 6. The van der Waals surface area contributed by atoms with Gasteiger partial charge in [-0.05, 0) is 0 Å². The second-order valence-electron chi connectivity index (χ2n) is 5.15. The van der Waals surface area contributed by atoms with Crippen molar-refractivity contribution in [1.82, 2.24) is 15.5 Å². The average molecular weight is 302 g/mol. The highest BCUT2D eigenvalue weighted by Gasteiger charge is 2.50. The molecule has 1 aromatic heterocycles. The molecule has 1 N–H and O–H groups in total. The van der Waals surface area contributed by atoms with Gasteiger partial charge in [-0.1, -0.05) is 25.2 Å². The SMILES string of the molecule is CC(C)c1nnc(N2C(=O)N[C@@H]3CS(=O)(=O)C[C@@H]32)s1. The summed E-state index contributed by atoms with van der Waals surface area (Å²) < 4.78 is 23.3. The summed E-state index contributed by atoms with van der Waals surface area (Å²) in [6.45, 7) is 3.99. The summed E-state index contributed by atoms with van der Waals surface area (Å²) in [6.07, 6.45) is 0. The molecule has 0 unspecified atom stereocenters. The first kappa shape index (κ1) is 12.8. The average Bonchev–Trinajstić information content (AvgIpc) is 2.90. The van der Waals surface area contributed by atoms with Crippen molar-refractivity contribution >= 4 is 32.3 Å². The molecule has 0 saturated carbocycles. The van der Waals surface area contributed by atoms with Crippen molar-refractivity contribution in [2.24, 2.45) is 0 Å². The van der Waals surface area contributed by atoms with Crippen LogP contribution in [0.3, 0.4) is 0 Å². The van der Waals surface area contributed by atoms with Gasteiger partial charge in [-0.3, -0.25) is 4.90 Å². The van der Waals surface area contributed by atoms with Gasteiger partial charge >= 0.3 is 6.03 Å². The third-order valence-electron chi connectivity index (χ3n) is 3.31. The zero-order valence-electron chi connectivity index (χ0n) is 10.5. The third kappa shape index (κ3) is 2.10. The van der Waals surface area contributed by atoms with Gasteiger partial charge in [0.2, 0.25) is 5.13 Å². The lowest BCUT2D eigenvalue weighted by Gasteiger charge is -2.16. The van der Waals surface area contributed by atoms with Gasteiger partial charge in [0.1, 0.15) is 5.01 Å². The number of aromatic nitrogens is 2. The highest BCUT2D eigenvalue weighted by Crippen LogP contribution is 2.33. The van der Waals surface area contributed by atoms with Gasteiger partial charge in [0, 0.05) is 5.92 Å². The summed E-state index contributed by atoms with van der Waals surface area (Å²) in [5.41, 5.74) is 0. The fourth-order valence-corrected chi connectivity index (χ4v) is 5.18. The largest absolute Gasteiger partial charge is 0.332 e. The van der Waals surface area contributed by atoms with Crippen LogP contribution in [0.15, 0.2) is 0 Å². The number of sulfone groups is 1. The Morgan fingerprint density at radius 3 is 2.74 bits per heavy atom. The number of anilines is 1. The van der Waals surface area contributed by atoms with Crippen LogP contribution < -0.4 is 10.2 Å². The molecule has 3 heterocycles. The molecule has 19 heavy (non-hydrogen) atoms.